The molecule has 1 aliphatic heterocycles. The summed E-state index contributed by atoms with van der Waals surface area (Å²) in [6.07, 6.45) is 0. The standard InChI is InChI=1S/C20H21N5O2S/c1-12-8-10-14(11-9-12)17-18(28-20-23-22-13(2)25(20)24-17)19(26)21-15-6-4-5-7-16(15)27-3/h4-11,17-18,24H,1-3H3,(H,21,26)/t17-,18-/m1/s1. The molecule has 144 valence electrons. The van der Waals surface area contributed by atoms with Gasteiger partial charge in [0.1, 0.15) is 16.8 Å². The maximum absolute atomic E-state index is 13.2. The first-order chi connectivity index (χ1) is 13.6. The molecule has 0 aliphatic carbocycles. The van der Waals surface area contributed by atoms with Crippen molar-refractivity contribution in [2.24, 2.45) is 0 Å². The van der Waals surface area contributed by atoms with Gasteiger partial charge in [-0.2, -0.15) is 0 Å². The lowest BCUT2D eigenvalue weighted by molar-refractivity contribution is -0.116. The van der Waals surface area contributed by atoms with E-state index in [0.717, 1.165) is 11.4 Å². The molecule has 0 spiro atoms. The molecule has 1 amide bonds. The first kappa shape index (κ1) is 18.4. The molecule has 1 aromatic heterocycles. The highest BCUT2D eigenvalue weighted by atomic mass is 32.2. The Bertz CT molecular complexity index is 1000. The largest absolute Gasteiger partial charge is 0.495 e. The van der Waals surface area contributed by atoms with Crippen LogP contribution in [-0.2, 0) is 4.79 Å². The molecular weight excluding hydrogens is 374 g/mol. The molecule has 3 aromatic rings. The zero-order chi connectivity index (χ0) is 19.7. The van der Waals surface area contributed by atoms with E-state index in [0.29, 0.717) is 16.6 Å². The van der Waals surface area contributed by atoms with Crippen LogP contribution in [0.15, 0.2) is 53.7 Å². The molecule has 8 heteroatoms. The number of para-hydroxylation sites is 2. The van der Waals surface area contributed by atoms with Gasteiger partial charge in [0.25, 0.3) is 0 Å². The van der Waals surface area contributed by atoms with E-state index in [1.807, 2.05) is 67.1 Å². The summed E-state index contributed by atoms with van der Waals surface area (Å²) in [6, 6.07) is 15.3. The molecule has 0 saturated heterocycles. The topological polar surface area (TPSA) is 81.1 Å². The van der Waals surface area contributed by atoms with E-state index in [1.54, 1.807) is 7.11 Å². The number of hydrogen-bond donors (Lipinski definition) is 2. The van der Waals surface area contributed by atoms with Crippen molar-refractivity contribution in [3.05, 3.63) is 65.5 Å². The number of ether oxygens (including phenoxy) is 1. The van der Waals surface area contributed by atoms with Gasteiger partial charge in [0, 0.05) is 0 Å². The molecule has 4 rings (SSSR count). The Kier molecular flexibility index (Phi) is 4.95. The number of benzene rings is 2. The van der Waals surface area contributed by atoms with Crippen LogP contribution < -0.4 is 15.5 Å². The van der Waals surface area contributed by atoms with Gasteiger partial charge in [-0.05, 0) is 31.5 Å². The van der Waals surface area contributed by atoms with Gasteiger partial charge >= 0.3 is 0 Å². The van der Waals surface area contributed by atoms with Gasteiger partial charge in [0.05, 0.1) is 18.8 Å². The summed E-state index contributed by atoms with van der Waals surface area (Å²) in [5.74, 6) is 1.25. The number of carbonyl (C=O) groups excluding carboxylic acids is 1. The average Bonchev–Trinajstić information content (AvgIpc) is 3.08. The Morgan fingerprint density at radius 3 is 2.64 bits per heavy atom. The number of hydrogen-bond acceptors (Lipinski definition) is 6. The third-order valence-corrected chi connectivity index (χ3v) is 5.87. The Balaban J connectivity index is 1.67. The van der Waals surface area contributed by atoms with Crippen molar-refractivity contribution in [3.63, 3.8) is 0 Å². The molecule has 7 nitrogen and oxygen atoms in total. The highest BCUT2D eigenvalue weighted by Gasteiger charge is 2.37. The number of aryl methyl sites for hydroxylation is 2. The van der Waals surface area contributed by atoms with Crippen molar-refractivity contribution in [1.82, 2.24) is 14.9 Å². The molecular formula is C20H21N5O2S. The van der Waals surface area contributed by atoms with Crippen LogP contribution in [0.1, 0.15) is 23.0 Å². The molecule has 0 fully saturated rings. The molecule has 0 radical (unpaired) electrons. The summed E-state index contributed by atoms with van der Waals surface area (Å²) in [6.45, 7) is 3.92. The van der Waals surface area contributed by atoms with E-state index in [4.69, 9.17) is 4.74 Å². The average molecular weight is 395 g/mol. The fourth-order valence-corrected chi connectivity index (χ4v) is 4.26. The van der Waals surface area contributed by atoms with E-state index >= 15 is 0 Å². The van der Waals surface area contributed by atoms with Gasteiger partial charge in [-0.1, -0.05) is 53.7 Å². The first-order valence-electron chi connectivity index (χ1n) is 8.92. The van der Waals surface area contributed by atoms with Crippen molar-refractivity contribution in [1.29, 1.82) is 0 Å². The second-order valence-corrected chi connectivity index (χ2v) is 7.72. The number of anilines is 1. The van der Waals surface area contributed by atoms with Crippen LogP contribution in [-0.4, -0.2) is 33.1 Å². The molecule has 0 saturated carbocycles. The predicted octanol–water partition coefficient (Wildman–Crippen LogP) is 3.30. The number of amides is 1. The summed E-state index contributed by atoms with van der Waals surface area (Å²) >= 11 is 1.40. The fourth-order valence-electron chi connectivity index (χ4n) is 3.14. The zero-order valence-corrected chi connectivity index (χ0v) is 16.7. The van der Waals surface area contributed by atoms with Crippen LogP contribution in [0.5, 0.6) is 5.75 Å². The van der Waals surface area contributed by atoms with Crippen LogP contribution >= 0.6 is 11.8 Å². The second kappa shape index (κ2) is 7.55. The first-order valence-corrected chi connectivity index (χ1v) is 9.80. The molecule has 2 heterocycles. The van der Waals surface area contributed by atoms with Crippen LogP contribution in [0.4, 0.5) is 5.69 Å². The van der Waals surface area contributed by atoms with Crippen LogP contribution in [0.25, 0.3) is 0 Å². The Labute approximate surface area is 167 Å². The van der Waals surface area contributed by atoms with E-state index in [2.05, 4.69) is 20.9 Å². The zero-order valence-electron chi connectivity index (χ0n) is 15.8. The molecule has 2 N–H and O–H groups in total. The van der Waals surface area contributed by atoms with Crippen molar-refractivity contribution in [3.8, 4) is 5.75 Å². The number of nitrogens with zero attached hydrogens (tertiary/aromatic N) is 3. The fraction of sp³-hybridized carbons (Fsp3) is 0.250. The van der Waals surface area contributed by atoms with Gasteiger partial charge < -0.3 is 15.5 Å². The Morgan fingerprint density at radius 1 is 1.14 bits per heavy atom. The number of aromatic nitrogens is 3. The second-order valence-electron chi connectivity index (χ2n) is 6.61. The summed E-state index contributed by atoms with van der Waals surface area (Å²) in [7, 11) is 1.59. The number of rotatable bonds is 4. The molecule has 2 atom stereocenters. The lowest BCUT2D eigenvalue weighted by atomic mass is 10.0. The number of thioether (sulfide) groups is 1. The minimum atomic E-state index is -0.427. The highest BCUT2D eigenvalue weighted by Crippen LogP contribution is 2.38. The van der Waals surface area contributed by atoms with Crippen LogP contribution in [0.2, 0.25) is 0 Å². The van der Waals surface area contributed by atoms with Gasteiger partial charge in [0.15, 0.2) is 0 Å². The lowest BCUT2D eigenvalue weighted by Gasteiger charge is -2.32. The summed E-state index contributed by atoms with van der Waals surface area (Å²) in [5, 5.41) is 11.5. The Hall–Kier alpha value is -3.00. The Morgan fingerprint density at radius 2 is 1.89 bits per heavy atom. The predicted molar refractivity (Wildman–Crippen MR) is 109 cm³/mol. The van der Waals surface area contributed by atoms with E-state index < -0.39 is 5.25 Å². The monoisotopic (exact) mass is 395 g/mol. The van der Waals surface area contributed by atoms with E-state index in [9.17, 15) is 4.79 Å². The van der Waals surface area contributed by atoms with Crippen LogP contribution in [0, 0.1) is 13.8 Å². The highest BCUT2D eigenvalue weighted by molar-refractivity contribution is 8.00. The van der Waals surface area contributed by atoms with Gasteiger partial charge in [-0.15, -0.1) is 10.2 Å². The number of carbonyl (C=O) groups is 1. The maximum Gasteiger partial charge on any atom is 0.240 e. The van der Waals surface area contributed by atoms with Gasteiger partial charge in [-0.25, -0.2) is 4.68 Å². The SMILES string of the molecule is COc1ccccc1NC(=O)[C@@H]1Sc2nnc(C)n2N[C@@H]1c1ccc(C)cc1. The van der Waals surface area contributed by atoms with Gasteiger partial charge in [-0.3, -0.25) is 4.79 Å². The van der Waals surface area contributed by atoms with Crippen molar-refractivity contribution >= 4 is 23.4 Å². The maximum atomic E-state index is 13.2. The smallest absolute Gasteiger partial charge is 0.240 e. The van der Waals surface area contributed by atoms with Crippen molar-refractivity contribution < 1.29 is 9.53 Å². The molecule has 0 unspecified atom stereocenters. The van der Waals surface area contributed by atoms with Gasteiger partial charge in [0.2, 0.25) is 11.1 Å². The summed E-state index contributed by atoms with van der Waals surface area (Å²) in [4.78, 5) is 13.2. The molecule has 28 heavy (non-hydrogen) atoms. The van der Waals surface area contributed by atoms with Crippen molar-refractivity contribution in [2.45, 2.75) is 30.3 Å². The van der Waals surface area contributed by atoms with Crippen molar-refractivity contribution in [2.75, 3.05) is 17.9 Å². The quantitative estimate of drug-likeness (QED) is 0.706. The van der Waals surface area contributed by atoms with Crippen LogP contribution in [0.3, 0.4) is 0 Å². The number of nitrogens with one attached hydrogen (secondary N) is 2. The normalized spacial score (nSPS) is 18.1. The minimum Gasteiger partial charge on any atom is -0.495 e. The third-order valence-electron chi connectivity index (χ3n) is 4.66. The van der Waals surface area contributed by atoms with E-state index in [1.165, 1.54) is 17.3 Å². The minimum absolute atomic E-state index is 0.125. The molecule has 2 aromatic carbocycles. The molecule has 1 aliphatic rings. The lowest BCUT2D eigenvalue weighted by Crippen LogP contribution is -2.41. The van der Waals surface area contributed by atoms with E-state index in [-0.39, 0.29) is 11.9 Å². The number of methoxy groups -OCH3 is 1. The summed E-state index contributed by atoms with van der Waals surface area (Å²) < 4.78 is 7.19. The molecule has 0 bridgehead atoms. The summed E-state index contributed by atoms with van der Waals surface area (Å²) in [5.41, 5.74) is 6.24. The number of fused-ring (bicyclic) bond motifs is 1. The third kappa shape index (κ3) is 3.43.